The number of nitrogens with one attached hydrogen (secondary N) is 2. The van der Waals surface area contributed by atoms with Crippen LogP contribution in [0.4, 0.5) is 0 Å². The van der Waals surface area contributed by atoms with Crippen LogP contribution in [0.5, 0.6) is 5.75 Å². The first-order valence-electron chi connectivity index (χ1n) is 8.85. The monoisotopic (exact) mass is 483 g/mol. The number of aryl methyl sites for hydroxylation is 1. The molecule has 2 aromatic rings. The first-order valence-corrected chi connectivity index (χ1v) is 8.85. The highest BCUT2D eigenvalue weighted by Crippen LogP contribution is 2.13. The van der Waals surface area contributed by atoms with Gasteiger partial charge in [-0.3, -0.25) is 4.99 Å². The van der Waals surface area contributed by atoms with Crippen molar-refractivity contribution in [3.05, 3.63) is 65.2 Å². The number of rotatable bonds is 8. The smallest absolute Gasteiger partial charge is 0.191 e. The Bertz CT molecular complexity index is 705. The number of methoxy groups -OCH3 is 1. The fourth-order valence-electron chi connectivity index (χ4n) is 2.53. The zero-order chi connectivity index (χ0) is 18.8. The van der Waals surface area contributed by atoms with Gasteiger partial charge in [-0.15, -0.1) is 24.0 Å². The SMILES string of the molecule is CN=C(NCc1ccc(COC)cc1)NCC(C)Oc1cccc(C)c1.I. The van der Waals surface area contributed by atoms with Crippen LogP contribution >= 0.6 is 24.0 Å². The zero-order valence-electron chi connectivity index (χ0n) is 16.5. The molecule has 6 heteroatoms. The second-order valence-corrected chi connectivity index (χ2v) is 6.30. The van der Waals surface area contributed by atoms with Crippen LogP contribution in [-0.2, 0) is 17.9 Å². The summed E-state index contributed by atoms with van der Waals surface area (Å²) < 4.78 is 11.1. The number of nitrogens with zero attached hydrogens (tertiary/aromatic N) is 1. The zero-order valence-corrected chi connectivity index (χ0v) is 18.8. The lowest BCUT2D eigenvalue weighted by atomic mass is 10.1. The van der Waals surface area contributed by atoms with E-state index in [1.807, 2.05) is 25.1 Å². The molecule has 1 unspecified atom stereocenters. The molecule has 2 aromatic carbocycles. The predicted molar refractivity (Wildman–Crippen MR) is 122 cm³/mol. The average Bonchev–Trinajstić information content (AvgIpc) is 2.63. The molecule has 0 aromatic heterocycles. The lowest BCUT2D eigenvalue weighted by Gasteiger charge is -2.18. The minimum atomic E-state index is 0. The van der Waals surface area contributed by atoms with Crippen LogP contribution in [0.2, 0.25) is 0 Å². The third-order valence-corrected chi connectivity index (χ3v) is 3.90. The van der Waals surface area contributed by atoms with E-state index in [0.29, 0.717) is 19.7 Å². The van der Waals surface area contributed by atoms with E-state index < -0.39 is 0 Å². The maximum absolute atomic E-state index is 5.93. The summed E-state index contributed by atoms with van der Waals surface area (Å²) in [5.41, 5.74) is 3.55. The van der Waals surface area contributed by atoms with Crippen LogP contribution in [0.15, 0.2) is 53.5 Å². The summed E-state index contributed by atoms with van der Waals surface area (Å²) in [5, 5.41) is 6.62. The molecule has 5 nitrogen and oxygen atoms in total. The number of ether oxygens (including phenoxy) is 2. The topological polar surface area (TPSA) is 54.9 Å². The van der Waals surface area contributed by atoms with E-state index in [0.717, 1.165) is 11.7 Å². The van der Waals surface area contributed by atoms with Crippen LogP contribution in [0.1, 0.15) is 23.6 Å². The molecule has 0 saturated heterocycles. The van der Waals surface area contributed by atoms with E-state index in [1.54, 1.807) is 14.2 Å². The Morgan fingerprint density at radius 2 is 1.78 bits per heavy atom. The molecule has 0 spiro atoms. The number of aliphatic imine (C=N–C) groups is 1. The number of guanidine groups is 1. The van der Waals surface area contributed by atoms with Gasteiger partial charge in [0.2, 0.25) is 0 Å². The van der Waals surface area contributed by atoms with E-state index in [4.69, 9.17) is 9.47 Å². The van der Waals surface area contributed by atoms with Gasteiger partial charge < -0.3 is 20.1 Å². The summed E-state index contributed by atoms with van der Waals surface area (Å²) >= 11 is 0. The molecule has 148 valence electrons. The largest absolute Gasteiger partial charge is 0.489 e. The van der Waals surface area contributed by atoms with Crippen molar-refractivity contribution >= 4 is 29.9 Å². The predicted octanol–water partition coefficient (Wildman–Crippen LogP) is 3.89. The van der Waals surface area contributed by atoms with Crippen molar-refractivity contribution in [2.75, 3.05) is 20.7 Å². The first kappa shape index (κ1) is 23.2. The van der Waals surface area contributed by atoms with Gasteiger partial charge in [-0.2, -0.15) is 0 Å². The quantitative estimate of drug-likeness (QED) is 0.340. The molecule has 1 atom stereocenters. The molecular formula is C21H30IN3O2. The Hall–Kier alpha value is -1.80. The Labute approximate surface area is 179 Å². The number of benzene rings is 2. The Morgan fingerprint density at radius 1 is 1.07 bits per heavy atom. The third kappa shape index (κ3) is 8.62. The number of hydrogen-bond acceptors (Lipinski definition) is 3. The fourth-order valence-corrected chi connectivity index (χ4v) is 2.53. The molecule has 0 fully saturated rings. The summed E-state index contributed by atoms with van der Waals surface area (Å²) in [6.45, 7) is 6.11. The second kappa shape index (κ2) is 12.6. The van der Waals surface area contributed by atoms with Gasteiger partial charge >= 0.3 is 0 Å². The van der Waals surface area contributed by atoms with Gasteiger partial charge in [0.05, 0.1) is 13.2 Å². The van der Waals surface area contributed by atoms with E-state index in [9.17, 15) is 0 Å². The van der Waals surface area contributed by atoms with Crippen molar-refractivity contribution in [3.63, 3.8) is 0 Å². The third-order valence-electron chi connectivity index (χ3n) is 3.90. The highest BCUT2D eigenvalue weighted by Gasteiger charge is 2.06. The molecule has 0 bridgehead atoms. The highest BCUT2D eigenvalue weighted by atomic mass is 127. The maximum Gasteiger partial charge on any atom is 0.191 e. The van der Waals surface area contributed by atoms with Crippen molar-refractivity contribution in [2.45, 2.75) is 33.1 Å². The average molecular weight is 483 g/mol. The molecule has 2 rings (SSSR count). The number of hydrogen-bond donors (Lipinski definition) is 2. The molecule has 0 heterocycles. The van der Waals surface area contributed by atoms with Crippen LogP contribution in [-0.4, -0.2) is 32.8 Å². The Kier molecular flexibility index (Phi) is 10.8. The highest BCUT2D eigenvalue weighted by molar-refractivity contribution is 14.0. The van der Waals surface area contributed by atoms with Crippen molar-refractivity contribution in [3.8, 4) is 5.75 Å². The van der Waals surface area contributed by atoms with Crippen molar-refractivity contribution in [1.29, 1.82) is 0 Å². The van der Waals surface area contributed by atoms with Gasteiger partial charge in [0.25, 0.3) is 0 Å². The Balaban J connectivity index is 0.00000364. The summed E-state index contributed by atoms with van der Waals surface area (Å²) in [4.78, 5) is 4.26. The minimum Gasteiger partial charge on any atom is -0.489 e. The van der Waals surface area contributed by atoms with Gasteiger partial charge in [-0.1, -0.05) is 36.4 Å². The van der Waals surface area contributed by atoms with Gasteiger partial charge in [0.15, 0.2) is 5.96 Å². The van der Waals surface area contributed by atoms with Crippen LogP contribution in [0.25, 0.3) is 0 Å². The van der Waals surface area contributed by atoms with Gasteiger partial charge in [0, 0.05) is 20.7 Å². The summed E-state index contributed by atoms with van der Waals surface area (Å²) in [6, 6.07) is 16.4. The molecule has 0 aliphatic carbocycles. The normalized spacial score (nSPS) is 12.1. The molecule has 0 aliphatic heterocycles. The first-order chi connectivity index (χ1) is 12.6. The molecule has 2 N–H and O–H groups in total. The van der Waals surface area contributed by atoms with Crippen LogP contribution in [0, 0.1) is 6.92 Å². The molecule has 0 radical (unpaired) electrons. The van der Waals surface area contributed by atoms with E-state index in [-0.39, 0.29) is 30.1 Å². The van der Waals surface area contributed by atoms with Crippen molar-refractivity contribution in [2.24, 2.45) is 4.99 Å². The summed E-state index contributed by atoms with van der Waals surface area (Å²) in [6.07, 6.45) is 0.0312. The maximum atomic E-state index is 5.93. The van der Waals surface area contributed by atoms with E-state index >= 15 is 0 Å². The van der Waals surface area contributed by atoms with E-state index in [1.165, 1.54) is 16.7 Å². The number of halogens is 1. The Morgan fingerprint density at radius 3 is 2.41 bits per heavy atom. The molecule has 0 aliphatic rings. The summed E-state index contributed by atoms with van der Waals surface area (Å²) in [7, 11) is 3.47. The minimum absolute atomic E-state index is 0. The standard InChI is InChI=1S/C21H29N3O2.HI/c1-16-6-5-7-20(12-16)26-17(2)13-23-21(22-3)24-14-18-8-10-19(11-9-18)15-25-4;/h5-12,17H,13-15H2,1-4H3,(H2,22,23,24);1H. The van der Waals surface area contributed by atoms with E-state index in [2.05, 4.69) is 52.9 Å². The molecule has 27 heavy (non-hydrogen) atoms. The van der Waals surface area contributed by atoms with Crippen molar-refractivity contribution in [1.82, 2.24) is 10.6 Å². The van der Waals surface area contributed by atoms with Gasteiger partial charge in [0.1, 0.15) is 11.9 Å². The van der Waals surface area contributed by atoms with Gasteiger partial charge in [-0.05, 0) is 42.7 Å². The lowest BCUT2D eigenvalue weighted by Crippen LogP contribution is -2.41. The fraction of sp³-hybridized carbons (Fsp3) is 0.381. The summed E-state index contributed by atoms with van der Waals surface area (Å²) in [5.74, 6) is 1.64. The van der Waals surface area contributed by atoms with Crippen LogP contribution in [0.3, 0.4) is 0 Å². The molecule has 0 saturated carbocycles. The molecule has 0 amide bonds. The van der Waals surface area contributed by atoms with Crippen LogP contribution < -0.4 is 15.4 Å². The lowest BCUT2D eigenvalue weighted by molar-refractivity contribution is 0.185. The van der Waals surface area contributed by atoms with Crippen molar-refractivity contribution < 1.29 is 9.47 Å². The molecular weight excluding hydrogens is 453 g/mol. The second-order valence-electron chi connectivity index (χ2n) is 6.30. The van der Waals surface area contributed by atoms with Gasteiger partial charge in [-0.25, -0.2) is 0 Å².